The Morgan fingerprint density at radius 3 is 2.85 bits per heavy atom. The van der Waals surface area contributed by atoms with Gasteiger partial charge in [0.25, 0.3) is 0 Å². The lowest BCUT2D eigenvalue weighted by Gasteiger charge is -2.05. The second kappa shape index (κ2) is 8.25. The van der Waals surface area contributed by atoms with Crippen molar-refractivity contribution < 1.29 is 13.9 Å². The Morgan fingerprint density at radius 1 is 1.23 bits per heavy atom. The number of ketones is 1. The van der Waals surface area contributed by atoms with E-state index in [0.29, 0.717) is 39.6 Å². The summed E-state index contributed by atoms with van der Waals surface area (Å²) in [6.07, 6.45) is 4.69. The van der Waals surface area contributed by atoms with E-state index in [0.717, 1.165) is 0 Å². The summed E-state index contributed by atoms with van der Waals surface area (Å²) in [5.74, 6) is 1.65. The third-order valence-corrected chi connectivity index (χ3v) is 4.36. The Morgan fingerprint density at radius 2 is 2.08 bits per heavy atom. The highest BCUT2D eigenvalue weighted by Gasteiger charge is 2.08. The molecule has 0 N–H and O–H groups in total. The first-order chi connectivity index (χ1) is 12.6. The summed E-state index contributed by atoms with van der Waals surface area (Å²) in [7, 11) is 0. The first kappa shape index (κ1) is 18.3. The molecule has 0 fully saturated rings. The van der Waals surface area contributed by atoms with E-state index in [9.17, 15) is 4.79 Å². The van der Waals surface area contributed by atoms with Crippen LogP contribution in [0.2, 0.25) is 10.0 Å². The average Bonchev–Trinajstić information content (AvgIpc) is 3.29. The van der Waals surface area contributed by atoms with Gasteiger partial charge in [0.05, 0.1) is 10.0 Å². The standard InChI is InChI=1S/C19H16Cl2N2O3/c1-2-23-18(9-10-22-23)19(24)8-6-13-3-4-15(26-13)12-25-14-5-7-16(20)17(21)11-14/h3-11H,2,12H2,1H3/b8-6+. The van der Waals surface area contributed by atoms with Gasteiger partial charge in [-0.3, -0.25) is 9.48 Å². The second-order valence-corrected chi connectivity index (χ2v) is 6.21. The van der Waals surface area contributed by atoms with Crippen molar-refractivity contribution in [1.82, 2.24) is 9.78 Å². The highest BCUT2D eigenvalue weighted by atomic mass is 35.5. The predicted molar refractivity (Wildman–Crippen MR) is 101 cm³/mol. The van der Waals surface area contributed by atoms with E-state index in [2.05, 4.69) is 5.10 Å². The van der Waals surface area contributed by atoms with Crippen molar-refractivity contribution >= 4 is 35.1 Å². The number of aryl methyl sites for hydroxylation is 1. The smallest absolute Gasteiger partial charge is 0.203 e. The number of ether oxygens (including phenoxy) is 1. The maximum Gasteiger partial charge on any atom is 0.203 e. The van der Waals surface area contributed by atoms with E-state index in [1.807, 2.05) is 6.92 Å². The fourth-order valence-electron chi connectivity index (χ4n) is 2.32. The number of hydrogen-bond acceptors (Lipinski definition) is 4. The number of aromatic nitrogens is 2. The zero-order valence-electron chi connectivity index (χ0n) is 14.0. The number of furan rings is 1. The molecule has 3 rings (SSSR count). The van der Waals surface area contributed by atoms with Gasteiger partial charge in [-0.1, -0.05) is 23.2 Å². The van der Waals surface area contributed by atoms with Gasteiger partial charge in [-0.2, -0.15) is 5.10 Å². The molecule has 0 amide bonds. The number of allylic oxidation sites excluding steroid dienone is 1. The molecule has 0 unspecified atom stereocenters. The third-order valence-electron chi connectivity index (χ3n) is 3.62. The maximum atomic E-state index is 12.2. The molecule has 0 aliphatic heterocycles. The van der Waals surface area contributed by atoms with Crippen LogP contribution in [0.4, 0.5) is 0 Å². The van der Waals surface area contributed by atoms with E-state index in [-0.39, 0.29) is 12.4 Å². The summed E-state index contributed by atoms with van der Waals surface area (Å²) < 4.78 is 12.9. The molecule has 2 aromatic heterocycles. The zero-order chi connectivity index (χ0) is 18.5. The first-order valence-electron chi connectivity index (χ1n) is 7.97. The second-order valence-electron chi connectivity index (χ2n) is 5.40. The van der Waals surface area contributed by atoms with Crippen LogP contribution in [0.1, 0.15) is 28.9 Å². The molecule has 0 saturated heterocycles. The van der Waals surface area contributed by atoms with Gasteiger partial charge in [0.2, 0.25) is 5.78 Å². The molecule has 7 heteroatoms. The molecule has 0 radical (unpaired) electrons. The maximum absolute atomic E-state index is 12.2. The summed E-state index contributed by atoms with van der Waals surface area (Å²) in [5.41, 5.74) is 0.540. The van der Waals surface area contributed by atoms with Gasteiger partial charge in [-0.25, -0.2) is 0 Å². The Balaban J connectivity index is 1.60. The summed E-state index contributed by atoms with van der Waals surface area (Å²) in [4.78, 5) is 12.2. The van der Waals surface area contributed by atoms with Gasteiger partial charge in [0.15, 0.2) is 0 Å². The summed E-state index contributed by atoms with van der Waals surface area (Å²) in [6.45, 7) is 2.81. The lowest BCUT2D eigenvalue weighted by Crippen LogP contribution is -2.07. The van der Waals surface area contributed by atoms with Crippen molar-refractivity contribution in [3.8, 4) is 5.75 Å². The monoisotopic (exact) mass is 390 g/mol. The van der Waals surface area contributed by atoms with Gasteiger partial charge in [0, 0.05) is 18.8 Å². The lowest BCUT2D eigenvalue weighted by atomic mass is 10.2. The average molecular weight is 391 g/mol. The predicted octanol–water partition coefficient (Wildman–Crippen LogP) is 5.28. The summed E-state index contributed by atoms with van der Waals surface area (Å²) >= 11 is 11.8. The van der Waals surface area contributed by atoms with Crippen molar-refractivity contribution in [2.24, 2.45) is 0 Å². The van der Waals surface area contributed by atoms with Crippen molar-refractivity contribution in [2.75, 3.05) is 0 Å². The molecule has 1 aromatic carbocycles. The van der Waals surface area contributed by atoms with E-state index in [4.69, 9.17) is 32.4 Å². The van der Waals surface area contributed by atoms with Crippen LogP contribution >= 0.6 is 23.2 Å². The number of hydrogen-bond donors (Lipinski definition) is 0. The minimum Gasteiger partial charge on any atom is -0.486 e. The molecule has 0 bridgehead atoms. The molecule has 2 heterocycles. The van der Waals surface area contributed by atoms with Gasteiger partial charge in [0.1, 0.15) is 29.6 Å². The van der Waals surface area contributed by atoms with Crippen LogP contribution < -0.4 is 4.74 Å². The van der Waals surface area contributed by atoms with Crippen LogP contribution in [0.3, 0.4) is 0 Å². The molecule has 0 saturated carbocycles. The van der Waals surface area contributed by atoms with Crippen LogP contribution in [0.15, 0.2) is 53.1 Å². The Labute approximate surface area is 160 Å². The molecular formula is C19H16Cl2N2O3. The third kappa shape index (κ3) is 4.36. The molecule has 134 valence electrons. The number of rotatable bonds is 7. The summed E-state index contributed by atoms with van der Waals surface area (Å²) in [6, 6.07) is 10.3. The number of benzene rings is 1. The Kier molecular flexibility index (Phi) is 5.81. The molecule has 0 aliphatic rings. The van der Waals surface area contributed by atoms with Crippen molar-refractivity contribution in [2.45, 2.75) is 20.1 Å². The molecule has 0 atom stereocenters. The normalized spacial score (nSPS) is 11.2. The highest BCUT2D eigenvalue weighted by molar-refractivity contribution is 6.42. The molecule has 3 aromatic rings. The number of carbonyl (C=O) groups excluding carboxylic acids is 1. The molecular weight excluding hydrogens is 375 g/mol. The van der Waals surface area contributed by atoms with Crippen LogP contribution in [0.5, 0.6) is 5.75 Å². The SMILES string of the molecule is CCn1nccc1C(=O)/C=C/c1ccc(COc2ccc(Cl)c(Cl)c2)o1. The number of carbonyl (C=O) groups is 1. The van der Waals surface area contributed by atoms with Crippen molar-refractivity contribution in [3.63, 3.8) is 0 Å². The molecule has 0 aliphatic carbocycles. The van der Waals surface area contributed by atoms with Crippen molar-refractivity contribution in [1.29, 1.82) is 0 Å². The minimum atomic E-state index is -0.130. The van der Waals surface area contributed by atoms with E-state index >= 15 is 0 Å². The fourth-order valence-corrected chi connectivity index (χ4v) is 2.61. The van der Waals surface area contributed by atoms with Gasteiger partial charge in [-0.05, 0) is 49.4 Å². The molecule has 26 heavy (non-hydrogen) atoms. The zero-order valence-corrected chi connectivity index (χ0v) is 15.5. The largest absolute Gasteiger partial charge is 0.486 e. The Hall–Kier alpha value is -2.50. The van der Waals surface area contributed by atoms with E-state index in [1.165, 1.54) is 6.08 Å². The van der Waals surface area contributed by atoms with Crippen LogP contribution in [-0.2, 0) is 13.2 Å². The minimum absolute atomic E-state index is 0.130. The number of halogens is 2. The van der Waals surface area contributed by atoms with Crippen LogP contribution in [0, 0.1) is 0 Å². The van der Waals surface area contributed by atoms with Gasteiger partial charge in [-0.15, -0.1) is 0 Å². The van der Waals surface area contributed by atoms with Crippen molar-refractivity contribution in [3.05, 3.63) is 75.9 Å². The summed E-state index contributed by atoms with van der Waals surface area (Å²) in [5, 5.41) is 4.98. The van der Waals surface area contributed by atoms with Gasteiger partial charge >= 0.3 is 0 Å². The fraction of sp³-hybridized carbons (Fsp3) is 0.158. The molecule has 5 nitrogen and oxygen atoms in total. The van der Waals surface area contributed by atoms with E-state index < -0.39 is 0 Å². The van der Waals surface area contributed by atoms with Crippen LogP contribution in [-0.4, -0.2) is 15.6 Å². The topological polar surface area (TPSA) is 57.3 Å². The molecule has 0 spiro atoms. The lowest BCUT2D eigenvalue weighted by molar-refractivity contribution is 0.103. The quantitative estimate of drug-likeness (QED) is 0.406. The van der Waals surface area contributed by atoms with Crippen LogP contribution in [0.25, 0.3) is 6.08 Å². The first-order valence-corrected chi connectivity index (χ1v) is 8.73. The number of nitrogens with zero attached hydrogens (tertiary/aromatic N) is 2. The Bertz CT molecular complexity index is 944. The van der Waals surface area contributed by atoms with E-state index in [1.54, 1.807) is 53.4 Å². The van der Waals surface area contributed by atoms with Gasteiger partial charge < -0.3 is 9.15 Å². The highest BCUT2D eigenvalue weighted by Crippen LogP contribution is 2.27.